The van der Waals surface area contributed by atoms with Crippen molar-refractivity contribution in [2.24, 2.45) is 7.05 Å². The Morgan fingerprint density at radius 3 is 2.41 bits per heavy atom. The highest BCUT2D eigenvalue weighted by atomic mass is 16.3. The van der Waals surface area contributed by atoms with Crippen LogP contribution in [-0.4, -0.2) is 71.2 Å². The zero-order valence-electron chi connectivity index (χ0n) is 23.8. The number of anilines is 1. The van der Waals surface area contributed by atoms with Crippen LogP contribution in [0.1, 0.15) is 68.1 Å². The summed E-state index contributed by atoms with van der Waals surface area (Å²) < 4.78 is 1.89. The lowest BCUT2D eigenvalue weighted by Gasteiger charge is -2.40. The minimum atomic E-state index is -0.794. The second kappa shape index (κ2) is 10.9. The summed E-state index contributed by atoms with van der Waals surface area (Å²) >= 11 is 0. The molecule has 8 heteroatoms. The first-order valence-corrected chi connectivity index (χ1v) is 13.5. The molecule has 1 aromatic heterocycles. The maximum atomic E-state index is 13.6. The van der Waals surface area contributed by atoms with E-state index >= 15 is 0 Å². The predicted octanol–water partition coefficient (Wildman–Crippen LogP) is 3.76. The predicted molar refractivity (Wildman–Crippen MR) is 151 cm³/mol. The number of aliphatic hydroxyl groups is 1. The highest BCUT2D eigenvalue weighted by Gasteiger charge is 2.30. The Kier molecular flexibility index (Phi) is 7.99. The average molecular weight is 509 g/mol. The van der Waals surface area contributed by atoms with Crippen molar-refractivity contribution in [3.63, 3.8) is 0 Å². The van der Waals surface area contributed by atoms with Gasteiger partial charge in [0.05, 0.1) is 16.9 Å². The van der Waals surface area contributed by atoms with Gasteiger partial charge in [0.15, 0.2) is 0 Å². The zero-order chi connectivity index (χ0) is 27.0. The third-order valence-corrected chi connectivity index (χ3v) is 8.33. The van der Waals surface area contributed by atoms with Gasteiger partial charge in [0, 0.05) is 54.4 Å². The molecule has 1 aliphatic heterocycles. The van der Waals surface area contributed by atoms with Crippen LogP contribution in [-0.2, 0) is 7.05 Å². The van der Waals surface area contributed by atoms with Crippen molar-refractivity contribution in [3.8, 4) is 0 Å². The molecule has 4 rings (SSSR count). The molecule has 0 saturated heterocycles. The molecule has 1 saturated carbocycles. The van der Waals surface area contributed by atoms with Gasteiger partial charge in [-0.3, -0.25) is 9.48 Å². The summed E-state index contributed by atoms with van der Waals surface area (Å²) in [7, 11) is 6.30. The molecule has 1 unspecified atom stereocenters. The summed E-state index contributed by atoms with van der Waals surface area (Å²) in [6, 6.07) is 3.04. The number of nitrogens with one attached hydrogen (secondary N) is 2. The van der Waals surface area contributed by atoms with E-state index in [1.807, 2.05) is 37.7 Å². The Hall–Kier alpha value is -2.84. The van der Waals surface area contributed by atoms with E-state index < -0.39 is 6.23 Å². The maximum Gasteiger partial charge on any atom is 0.251 e. The van der Waals surface area contributed by atoms with Crippen molar-refractivity contribution in [1.82, 2.24) is 25.3 Å². The minimum Gasteiger partial charge on any atom is -0.370 e. The number of amides is 1. The number of hydrogen-bond acceptors (Lipinski definition) is 6. The average Bonchev–Trinajstić information content (AvgIpc) is 3.12. The lowest BCUT2D eigenvalue weighted by atomic mass is 9.88. The van der Waals surface area contributed by atoms with Crippen molar-refractivity contribution < 1.29 is 9.90 Å². The third kappa shape index (κ3) is 5.27. The smallest absolute Gasteiger partial charge is 0.251 e. The first-order valence-electron chi connectivity index (χ1n) is 13.5. The summed E-state index contributed by atoms with van der Waals surface area (Å²) in [5.41, 5.74) is 7.41. The van der Waals surface area contributed by atoms with Crippen LogP contribution in [0.2, 0.25) is 0 Å². The molecule has 37 heavy (non-hydrogen) atoms. The fourth-order valence-electron chi connectivity index (χ4n) is 6.26. The van der Waals surface area contributed by atoms with E-state index in [0.29, 0.717) is 17.6 Å². The molecule has 1 fully saturated rings. The molecule has 1 atom stereocenters. The minimum absolute atomic E-state index is 0.134. The van der Waals surface area contributed by atoms with Crippen LogP contribution >= 0.6 is 0 Å². The molecule has 0 bridgehead atoms. The van der Waals surface area contributed by atoms with Gasteiger partial charge in [0.1, 0.15) is 6.23 Å². The van der Waals surface area contributed by atoms with Gasteiger partial charge >= 0.3 is 0 Å². The van der Waals surface area contributed by atoms with Crippen LogP contribution in [0, 0.1) is 13.8 Å². The molecule has 0 radical (unpaired) electrons. The summed E-state index contributed by atoms with van der Waals surface area (Å²) in [6.45, 7) is 11.4. The first kappa shape index (κ1) is 27.2. The molecule has 2 heterocycles. The van der Waals surface area contributed by atoms with Crippen LogP contribution in [0.5, 0.6) is 0 Å². The fourth-order valence-corrected chi connectivity index (χ4v) is 6.26. The summed E-state index contributed by atoms with van der Waals surface area (Å²) in [4.78, 5) is 18.5. The molecule has 1 amide bonds. The number of fused-ring (bicyclic) bond motifs is 1. The highest BCUT2D eigenvalue weighted by molar-refractivity contribution is 6.06. The van der Waals surface area contributed by atoms with Gasteiger partial charge in [-0.05, 0) is 97.7 Å². The van der Waals surface area contributed by atoms with Crippen LogP contribution in [0.15, 0.2) is 29.0 Å². The number of dihydropyridines is 1. The monoisotopic (exact) mass is 508 g/mol. The van der Waals surface area contributed by atoms with Crippen molar-refractivity contribution in [1.29, 1.82) is 0 Å². The Balaban J connectivity index is 1.70. The largest absolute Gasteiger partial charge is 0.370 e. The standard InChI is InChI=1S/C29H44N6O2/c1-9-35(22-12-10-21(11-13-22)33(6)7)27-19(4)23(15-25-26(27)20(5)32-34(25)8)28(36)30-16-24-17(2)14-18(3)31-29(24)37/h14-15,21-22,29,31,37H,9-13,16H2,1-8H3,(H,30,36). The lowest BCUT2D eigenvalue weighted by molar-refractivity contribution is 0.0952. The molecule has 0 spiro atoms. The van der Waals surface area contributed by atoms with Crippen molar-refractivity contribution in [3.05, 3.63) is 45.8 Å². The van der Waals surface area contributed by atoms with Gasteiger partial charge in [-0.15, -0.1) is 0 Å². The second-order valence-electron chi connectivity index (χ2n) is 11.0. The number of rotatable bonds is 7. The molecule has 2 aromatic rings. The zero-order valence-corrected chi connectivity index (χ0v) is 23.8. The lowest BCUT2D eigenvalue weighted by Crippen LogP contribution is -2.43. The number of aliphatic hydroxyl groups excluding tert-OH is 1. The van der Waals surface area contributed by atoms with Gasteiger partial charge in [0.2, 0.25) is 0 Å². The number of allylic oxidation sites excluding steroid dienone is 3. The van der Waals surface area contributed by atoms with E-state index in [1.165, 1.54) is 12.8 Å². The van der Waals surface area contributed by atoms with Crippen LogP contribution in [0.4, 0.5) is 5.69 Å². The second-order valence-corrected chi connectivity index (χ2v) is 11.0. The molecule has 1 aromatic carbocycles. The quantitative estimate of drug-likeness (QED) is 0.528. The molecule has 1 aliphatic carbocycles. The van der Waals surface area contributed by atoms with Crippen LogP contribution in [0.25, 0.3) is 10.9 Å². The summed E-state index contributed by atoms with van der Waals surface area (Å²) in [5.74, 6) is -0.134. The number of aryl methyl sites for hydroxylation is 2. The van der Waals surface area contributed by atoms with Gasteiger partial charge in [-0.25, -0.2) is 0 Å². The maximum absolute atomic E-state index is 13.6. The van der Waals surface area contributed by atoms with Crippen LogP contribution < -0.4 is 15.5 Å². The van der Waals surface area contributed by atoms with Gasteiger partial charge < -0.3 is 25.5 Å². The van der Waals surface area contributed by atoms with E-state index in [2.05, 4.69) is 55.3 Å². The SMILES string of the molecule is CCN(c1c(C)c(C(=O)NCC2=C(C)C=C(C)NC2O)cc2c1c(C)nn2C)C1CCC(N(C)C)CC1. The molecule has 3 N–H and O–H groups in total. The summed E-state index contributed by atoms with van der Waals surface area (Å²) in [5, 5.41) is 22.5. The van der Waals surface area contributed by atoms with Crippen LogP contribution in [0.3, 0.4) is 0 Å². The normalized spacial score (nSPS) is 22.3. The Bertz CT molecular complexity index is 1230. The Labute approximate surface area is 221 Å². The first-order chi connectivity index (χ1) is 17.5. The van der Waals surface area contributed by atoms with Crippen molar-refractivity contribution in [2.45, 2.75) is 78.6 Å². The van der Waals surface area contributed by atoms with E-state index in [1.54, 1.807) is 0 Å². The molecule has 202 valence electrons. The van der Waals surface area contributed by atoms with E-state index in [4.69, 9.17) is 5.10 Å². The van der Waals surface area contributed by atoms with Crippen molar-refractivity contribution in [2.75, 3.05) is 32.1 Å². The molecular formula is C29H44N6O2. The van der Waals surface area contributed by atoms with Crippen molar-refractivity contribution >= 4 is 22.5 Å². The Morgan fingerprint density at radius 1 is 1.16 bits per heavy atom. The molecule has 8 nitrogen and oxygen atoms in total. The Morgan fingerprint density at radius 2 is 1.81 bits per heavy atom. The number of aromatic nitrogens is 2. The molecular weight excluding hydrogens is 464 g/mol. The number of carbonyl (C=O) groups excluding carboxylic acids is 1. The number of nitrogens with zero attached hydrogens (tertiary/aromatic N) is 4. The van der Waals surface area contributed by atoms with E-state index in [0.717, 1.165) is 64.1 Å². The van der Waals surface area contributed by atoms with Gasteiger partial charge in [0.25, 0.3) is 5.91 Å². The van der Waals surface area contributed by atoms with Gasteiger partial charge in [-0.1, -0.05) is 0 Å². The number of carbonyl (C=O) groups is 1. The molecule has 2 aliphatic rings. The highest BCUT2D eigenvalue weighted by Crippen LogP contribution is 2.39. The fraction of sp³-hybridized carbons (Fsp3) is 0.586. The summed E-state index contributed by atoms with van der Waals surface area (Å²) in [6.07, 6.45) is 5.84. The van der Waals surface area contributed by atoms with Gasteiger partial charge in [-0.2, -0.15) is 5.10 Å². The number of hydrogen-bond donors (Lipinski definition) is 3. The topological polar surface area (TPSA) is 85.7 Å². The van der Waals surface area contributed by atoms with E-state index in [-0.39, 0.29) is 12.5 Å². The third-order valence-electron chi connectivity index (χ3n) is 8.33. The number of benzene rings is 1. The van der Waals surface area contributed by atoms with E-state index in [9.17, 15) is 9.90 Å².